The van der Waals surface area contributed by atoms with E-state index in [1.807, 2.05) is 6.07 Å². The molecule has 1 aliphatic carbocycles. The van der Waals surface area contributed by atoms with E-state index in [9.17, 15) is 4.79 Å². The summed E-state index contributed by atoms with van der Waals surface area (Å²) in [7, 11) is 3.51. The zero-order valence-corrected chi connectivity index (χ0v) is 11.6. The molecular formula is C14H19ClN2O. The summed E-state index contributed by atoms with van der Waals surface area (Å²) in [4.78, 5) is 13.6. The molecule has 4 heteroatoms. The number of carbonyl (C=O) groups excluding carboxylic acids is 1. The normalized spacial score (nSPS) is 15.1. The minimum absolute atomic E-state index is 0.00257. The molecule has 0 atom stereocenters. The summed E-state index contributed by atoms with van der Waals surface area (Å²) < 4.78 is 0. The van der Waals surface area contributed by atoms with Crippen LogP contribution in [0, 0.1) is 5.92 Å². The van der Waals surface area contributed by atoms with Gasteiger partial charge in [-0.1, -0.05) is 18.0 Å². The van der Waals surface area contributed by atoms with Crippen LogP contribution in [0.25, 0.3) is 0 Å². The van der Waals surface area contributed by atoms with E-state index in [1.165, 1.54) is 19.3 Å². The van der Waals surface area contributed by atoms with Gasteiger partial charge in [-0.3, -0.25) is 4.79 Å². The number of nitrogens with zero attached hydrogens (tertiary/aromatic N) is 1. The Hall–Kier alpha value is -1.22. The molecule has 0 aliphatic heterocycles. The molecule has 1 N–H and O–H groups in total. The van der Waals surface area contributed by atoms with Gasteiger partial charge in [-0.05, 0) is 37.0 Å². The Morgan fingerprint density at radius 2 is 2.17 bits per heavy atom. The fraction of sp³-hybridized carbons (Fsp3) is 0.500. The molecular weight excluding hydrogens is 248 g/mol. The van der Waals surface area contributed by atoms with Crippen LogP contribution in [-0.4, -0.2) is 31.4 Å². The van der Waals surface area contributed by atoms with Crippen LogP contribution < -0.4 is 5.32 Å². The molecule has 1 aliphatic rings. The number of hydrogen-bond donors (Lipinski definition) is 1. The van der Waals surface area contributed by atoms with Crippen molar-refractivity contribution in [3.8, 4) is 0 Å². The maximum absolute atomic E-state index is 12.0. The lowest BCUT2D eigenvalue weighted by Gasteiger charge is -2.26. The molecule has 0 heterocycles. The fourth-order valence-corrected chi connectivity index (χ4v) is 2.21. The average Bonchev–Trinajstić information content (AvgIpc) is 2.26. The second kappa shape index (κ2) is 5.61. The Bertz CT molecular complexity index is 441. The topological polar surface area (TPSA) is 32.3 Å². The third-order valence-electron chi connectivity index (χ3n) is 3.42. The molecule has 0 bridgehead atoms. The summed E-state index contributed by atoms with van der Waals surface area (Å²) in [6, 6.07) is 5.37. The number of anilines is 1. The molecule has 3 nitrogen and oxygen atoms in total. The Morgan fingerprint density at radius 3 is 2.72 bits per heavy atom. The summed E-state index contributed by atoms with van der Waals surface area (Å²) in [5.74, 6) is 0.745. The van der Waals surface area contributed by atoms with Crippen molar-refractivity contribution in [2.75, 3.05) is 26.0 Å². The number of benzene rings is 1. The number of amides is 1. The van der Waals surface area contributed by atoms with E-state index in [0.29, 0.717) is 10.6 Å². The molecule has 0 aromatic heterocycles. The van der Waals surface area contributed by atoms with Gasteiger partial charge in [0.05, 0.1) is 5.56 Å². The largest absolute Gasteiger partial charge is 0.384 e. The van der Waals surface area contributed by atoms with Crippen molar-refractivity contribution in [2.45, 2.75) is 19.3 Å². The second-order valence-corrected chi connectivity index (χ2v) is 5.50. The third-order valence-corrected chi connectivity index (χ3v) is 3.66. The summed E-state index contributed by atoms with van der Waals surface area (Å²) in [5.41, 5.74) is 1.52. The van der Waals surface area contributed by atoms with Crippen molar-refractivity contribution in [3.05, 3.63) is 28.8 Å². The molecule has 1 aromatic carbocycles. The minimum Gasteiger partial charge on any atom is -0.384 e. The van der Waals surface area contributed by atoms with Gasteiger partial charge in [0.2, 0.25) is 0 Å². The smallest absolute Gasteiger partial charge is 0.255 e. The lowest BCUT2D eigenvalue weighted by molar-refractivity contribution is 0.0828. The van der Waals surface area contributed by atoms with Crippen LogP contribution in [0.4, 0.5) is 5.69 Å². The van der Waals surface area contributed by atoms with Gasteiger partial charge in [0.25, 0.3) is 5.91 Å². The van der Waals surface area contributed by atoms with Gasteiger partial charge >= 0.3 is 0 Å². The van der Waals surface area contributed by atoms with Crippen molar-refractivity contribution < 1.29 is 4.79 Å². The van der Waals surface area contributed by atoms with Crippen molar-refractivity contribution >= 4 is 23.2 Å². The van der Waals surface area contributed by atoms with Gasteiger partial charge in [-0.25, -0.2) is 0 Å². The summed E-state index contributed by atoms with van der Waals surface area (Å²) in [5, 5.41) is 4.01. The number of hydrogen-bond acceptors (Lipinski definition) is 2. The first kappa shape index (κ1) is 13.2. The summed E-state index contributed by atoms with van der Waals surface area (Å²) in [6.45, 7) is 0.925. The number of rotatable bonds is 4. The average molecular weight is 267 g/mol. The van der Waals surface area contributed by atoms with E-state index in [1.54, 1.807) is 31.1 Å². The first-order valence-electron chi connectivity index (χ1n) is 6.33. The van der Waals surface area contributed by atoms with E-state index in [4.69, 9.17) is 11.6 Å². The number of nitrogens with one attached hydrogen (secondary N) is 1. The van der Waals surface area contributed by atoms with Crippen molar-refractivity contribution in [3.63, 3.8) is 0 Å². The molecule has 18 heavy (non-hydrogen) atoms. The van der Waals surface area contributed by atoms with Crippen LogP contribution in [0.5, 0.6) is 0 Å². The van der Waals surface area contributed by atoms with Crippen LogP contribution in [-0.2, 0) is 0 Å². The zero-order chi connectivity index (χ0) is 13.1. The third kappa shape index (κ3) is 2.96. The van der Waals surface area contributed by atoms with Gasteiger partial charge in [-0.15, -0.1) is 0 Å². The molecule has 1 fully saturated rings. The highest BCUT2D eigenvalue weighted by molar-refractivity contribution is 6.31. The van der Waals surface area contributed by atoms with E-state index in [0.717, 1.165) is 18.2 Å². The quantitative estimate of drug-likeness (QED) is 0.907. The SMILES string of the molecule is CN(C)C(=O)c1ccc(Cl)cc1NCC1CCC1. The van der Waals surface area contributed by atoms with E-state index in [2.05, 4.69) is 5.32 Å². The molecule has 1 amide bonds. The van der Waals surface area contributed by atoms with Crippen molar-refractivity contribution in [1.29, 1.82) is 0 Å². The first-order chi connectivity index (χ1) is 8.58. The summed E-state index contributed by atoms with van der Waals surface area (Å²) >= 11 is 6.00. The Balaban J connectivity index is 2.14. The van der Waals surface area contributed by atoms with Gasteiger partial charge in [0.1, 0.15) is 0 Å². The predicted octanol–water partition coefficient (Wildman–Crippen LogP) is 3.25. The van der Waals surface area contributed by atoms with Gasteiger partial charge in [0.15, 0.2) is 0 Å². The van der Waals surface area contributed by atoms with Crippen molar-refractivity contribution in [2.24, 2.45) is 5.92 Å². The van der Waals surface area contributed by atoms with Crippen LogP contribution in [0.1, 0.15) is 29.6 Å². The van der Waals surface area contributed by atoms with Gasteiger partial charge < -0.3 is 10.2 Å². The molecule has 2 rings (SSSR count). The second-order valence-electron chi connectivity index (χ2n) is 5.07. The van der Waals surface area contributed by atoms with Crippen LogP contribution in [0.15, 0.2) is 18.2 Å². The zero-order valence-electron chi connectivity index (χ0n) is 10.9. The van der Waals surface area contributed by atoms with Crippen LogP contribution in [0.2, 0.25) is 5.02 Å². The lowest BCUT2D eigenvalue weighted by Crippen LogP contribution is -2.25. The molecule has 0 unspecified atom stereocenters. The molecule has 1 saturated carbocycles. The molecule has 0 spiro atoms. The Kier molecular flexibility index (Phi) is 4.12. The fourth-order valence-electron chi connectivity index (χ4n) is 2.04. The van der Waals surface area contributed by atoms with E-state index < -0.39 is 0 Å². The molecule has 1 aromatic rings. The maximum atomic E-state index is 12.0. The van der Waals surface area contributed by atoms with Crippen LogP contribution >= 0.6 is 11.6 Å². The highest BCUT2D eigenvalue weighted by Gasteiger charge is 2.19. The number of halogens is 1. The monoisotopic (exact) mass is 266 g/mol. The molecule has 0 radical (unpaired) electrons. The highest BCUT2D eigenvalue weighted by Crippen LogP contribution is 2.28. The van der Waals surface area contributed by atoms with Gasteiger partial charge in [0, 0.05) is 31.4 Å². The Labute approximate surface area is 113 Å². The number of carbonyl (C=O) groups is 1. The van der Waals surface area contributed by atoms with Gasteiger partial charge in [-0.2, -0.15) is 0 Å². The highest BCUT2D eigenvalue weighted by atomic mass is 35.5. The van der Waals surface area contributed by atoms with E-state index >= 15 is 0 Å². The van der Waals surface area contributed by atoms with E-state index in [-0.39, 0.29) is 5.91 Å². The summed E-state index contributed by atoms with van der Waals surface area (Å²) in [6.07, 6.45) is 3.89. The lowest BCUT2D eigenvalue weighted by atomic mass is 9.85. The predicted molar refractivity (Wildman–Crippen MR) is 75.3 cm³/mol. The maximum Gasteiger partial charge on any atom is 0.255 e. The molecule has 0 saturated heterocycles. The van der Waals surface area contributed by atoms with Crippen LogP contribution in [0.3, 0.4) is 0 Å². The Morgan fingerprint density at radius 1 is 1.44 bits per heavy atom. The molecule has 98 valence electrons. The standard InChI is InChI=1S/C14H19ClN2O/c1-17(2)14(18)12-7-6-11(15)8-13(12)16-9-10-4-3-5-10/h6-8,10,16H,3-5,9H2,1-2H3. The van der Waals surface area contributed by atoms with Crippen molar-refractivity contribution in [1.82, 2.24) is 4.90 Å². The first-order valence-corrected chi connectivity index (χ1v) is 6.71. The minimum atomic E-state index is 0.00257.